The minimum Gasteiger partial charge on any atom is -0.275 e. The Labute approximate surface area is 138 Å². The number of hydrogen-bond acceptors (Lipinski definition) is 3. The molecule has 0 bridgehead atoms. The van der Waals surface area contributed by atoms with Crippen LogP contribution in [0.2, 0.25) is 0 Å². The highest BCUT2D eigenvalue weighted by Crippen LogP contribution is 2.32. The van der Waals surface area contributed by atoms with Gasteiger partial charge in [-0.05, 0) is 35.6 Å². The van der Waals surface area contributed by atoms with Crippen molar-refractivity contribution in [2.24, 2.45) is 13.0 Å². The lowest BCUT2D eigenvalue weighted by Gasteiger charge is -2.22. The van der Waals surface area contributed by atoms with Crippen molar-refractivity contribution in [2.75, 3.05) is 6.26 Å². The first kappa shape index (κ1) is 16.2. The van der Waals surface area contributed by atoms with Crippen LogP contribution in [-0.2, 0) is 23.3 Å². The monoisotopic (exact) mass is 332 g/mol. The lowest BCUT2D eigenvalue weighted by Crippen LogP contribution is -2.10. The summed E-state index contributed by atoms with van der Waals surface area (Å²) in [5, 5.41) is 4.24. The highest BCUT2D eigenvalue weighted by atomic mass is 32.2. The largest absolute Gasteiger partial charge is 0.275 e. The fourth-order valence-electron chi connectivity index (χ4n) is 3.50. The van der Waals surface area contributed by atoms with E-state index in [2.05, 4.69) is 5.10 Å². The quantitative estimate of drug-likeness (QED) is 0.859. The maximum atomic E-state index is 11.9. The van der Waals surface area contributed by atoms with E-state index in [1.807, 2.05) is 31.6 Å². The predicted octanol–water partition coefficient (Wildman–Crippen LogP) is 3.61. The maximum absolute atomic E-state index is 11.9. The summed E-state index contributed by atoms with van der Waals surface area (Å²) in [5.74, 6) is 0.711. The van der Waals surface area contributed by atoms with Crippen LogP contribution in [-0.4, -0.2) is 24.5 Å². The van der Waals surface area contributed by atoms with Gasteiger partial charge < -0.3 is 0 Å². The van der Waals surface area contributed by atoms with Crippen molar-refractivity contribution in [1.82, 2.24) is 9.78 Å². The molecule has 0 saturated heterocycles. The van der Waals surface area contributed by atoms with E-state index in [1.165, 1.54) is 43.9 Å². The average Bonchev–Trinajstić information content (AvgIpc) is 2.94. The van der Waals surface area contributed by atoms with Gasteiger partial charge in [0.15, 0.2) is 9.84 Å². The normalized spacial score (nSPS) is 16.6. The zero-order valence-electron chi connectivity index (χ0n) is 13.8. The van der Waals surface area contributed by atoms with Crippen LogP contribution in [0.15, 0.2) is 35.5 Å². The molecule has 124 valence electrons. The van der Waals surface area contributed by atoms with Crippen LogP contribution >= 0.6 is 0 Å². The minimum atomic E-state index is -3.20. The third-order valence-electron chi connectivity index (χ3n) is 4.76. The molecule has 1 fully saturated rings. The highest BCUT2D eigenvalue weighted by Gasteiger charge is 2.18. The number of nitrogens with zero attached hydrogens (tertiary/aromatic N) is 2. The summed E-state index contributed by atoms with van der Waals surface area (Å²) in [6.45, 7) is 0. The molecule has 5 heteroatoms. The third kappa shape index (κ3) is 3.83. The molecule has 1 saturated carbocycles. The molecular weight excluding hydrogens is 308 g/mol. The summed E-state index contributed by atoms with van der Waals surface area (Å²) < 4.78 is 25.6. The van der Waals surface area contributed by atoms with Gasteiger partial charge in [0.25, 0.3) is 0 Å². The van der Waals surface area contributed by atoms with Crippen molar-refractivity contribution >= 4 is 9.84 Å². The van der Waals surface area contributed by atoms with Crippen molar-refractivity contribution in [3.8, 4) is 11.1 Å². The predicted molar refractivity (Wildman–Crippen MR) is 92.0 cm³/mol. The smallest absolute Gasteiger partial charge is 0.175 e. The lowest BCUT2D eigenvalue weighted by molar-refractivity contribution is 0.357. The second kappa shape index (κ2) is 6.48. The molecule has 0 N–H and O–H groups in total. The van der Waals surface area contributed by atoms with E-state index in [0.29, 0.717) is 10.8 Å². The fraction of sp³-hybridized carbons (Fsp3) is 0.500. The third-order valence-corrected chi connectivity index (χ3v) is 5.87. The summed E-state index contributed by atoms with van der Waals surface area (Å²) >= 11 is 0. The standard InChI is InChI=1S/C18H24N2O2S/c1-20-13-16(12-19-20)18-11-17(23(2,21)22)9-8-15(18)10-14-6-4-3-5-7-14/h8-9,11-14H,3-7,10H2,1-2H3. The summed E-state index contributed by atoms with van der Waals surface area (Å²) in [7, 11) is -1.32. The molecule has 1 aromatic heterocycles. The van der Waals surface area contributed by atoms with Gasteiger partial charge in [-0.1, -0.05) is 38.2 Å². The second-order valence-corrected chi connectivity index (χ2v) is 8.72. The molecule has 0 radical (unpaired) electrons. The van der Waals surface area contributed by atoms with E-state index in [4.69, 9.17) is 0 Å². The summed E-state index contributed by atoms with van der Waals surface area (Å²) in [5.41, 5.74) is 3.23. The molecule has 0 spiro atoms. The van der Waals surface area contributed by atoms with Crippen molar-refractivity contribution < 1.29 is 8.42 Å². The van der Waals surface area contributed by atoms with E-state index >= 15 is 0 Å². The Morgan fingerprint density at radius 2 is 1.96 bits per heavy atom. The molecule has 0 unspecified atom stereocenters. The van der Waals surface area contributed by atoms with Crippen LogP contribution in [0.4, 0.5) is 0 Å². The topological polar surface area (TPSA) is 52.0 Å². The summed E-state index contributed by atoms with van der Waals surface area (Å²) in [6, 6.07) is 5.55. The zero-order chi connectivity index (χ0) is 16.4. The van der Waals surface area contributed by atoms with Crippen molar-refractivity contribution in [2.45, 2.75) is 43.4 Å². The first-order chi connectivity index (χ1) is 10.9. The summed E-state index contributed by atoms with van der Waals surface area (Å²) in [6.07, 6.45) is 12.6. The molecule has 0 atom stereocenters. The number of aryl methyl sites for hydroxylation is 1. The van der Waals surface area contributed by atoms with E-state index < -0.39 is 9.84 Å². The Morgan fingerprint density at radius 3 is 2.57 bits per heavy atom. The van der Waals surface area contributed by atoms with E-state index in [0.717, 1.165) is 17.5 Å². The number of sulfone groups is 1. The summed E-state index contributed by atoms with van der Waals surface area (Å²) in [4.78, 5) is 0.378. The van der Waals surface area contributed by atoms with Gasteiger partial charge in [0.2, 0.25) is 0 Å². The van der Waals surface area contributed by atoms with Gasteiger partial charge in [0.05, 0.1) is 11.1 Å². The number of benzene rings is 1. The highest BCUT2D eigenvalue weighted by molar-refractivity contribution is 7.90. The van der Waals surface area contributed by atoms with Gasteiger partial charge >= 0.3 is 0 Å². The van der Waals surface area contributed by atoms with Crippen LogP contribution in [0.1, 0.15) is 37.7 Å². The molecule has 1 aromatic carbocycles. The first-order valence-corrected chi connectivity index (χ1v) is 10.1. The van der Waals surface area contributed by atoms with E-state index in [-0.39, 0.29) is 0 Å². The Kier molecular flexibility index (Phi) is 4.57. The molecule has 0 aliphatic heterocycles. The number of aromatic nitrogens is 2. The van der Waals surface area contributed by atoms with Crippen LogP contribution in [0.25, 0.3) is 11.1 Å². The van der Waals surface area contributed by atoms with Crippen LogP contribution in [0, 0.1) is 5.92 Å². The van der Waals surface area contributed by atoms with E-state index in [9.17, 15) is 8.42 Å². The molecule has 1 heterocycles. The molecule has 3 rings (SSSR count). The molecular formula is C18H24N2O2S. The minimum absolute atomic E-state index is 0.378. The van der Waals surface area contributed by atoms with Crippen LogP contribution in [0.3, 0.4) is 0 Å². The van der Waals surface area contributed by atoms with Gasteiger partial charge in [0, 0.05) is 25.1 Å². The molecule has 4 nitrogen and oxygen atoms in total. The van der Waals surface area contributed by atoms with Gasteiger partial charge in [0.1, 0.15) is 0 Å². The van der Waals surface area contributed by atoms with Crippen molar-refractivity contribution in [3.63, 3.8) is 0 Å². The van der Waals surface area contributed by atoms with Crippen molar-refractivity contribution in [3.05, 3.63) is 36.2 Å². The van der Waals surface area contributed by atoms with Crippen molar-refractivity contribution in [1.29, 1.82) is 0 Å². The van der Waals surface area contributed by atoms with E-state index in [1.54, 1.807) is 10.7 Å². The maximum Gasteiger partial charge on any atom is 0.175 e. The zero-order valence-corrected chi connectivity index (χ0v) is 14.6. The number of rotatable bonds is 4. The lowest BCUT2D eigenvalue weighted by atomic mass is 9.83. The SMILES string of the molecule is Cn1cc(-c2cc(S(C)(=O)=O)ccc2CC2CCCCC2)cn1. The van der Waals surface area contributed by atoms with Gasteiger partial charge in [-0.25, -0.2) is 8.42 Å². The number of hydrogen-bond donors (Lipinski definition) is 0. The molecule has 23 heavy (non-hydrogen) atoms. The molecule has 0 amide bonds. The fourth-order valence-corrected chi connectivity index (χ4v) is 4.14. The second-order valence-electron chi connectivity index (χ2n) is 6.70. The Bertz CT molecular complexity index is 787. The molecule has 1 aliphatic carbocycles. The Hall–Kier alpha value is -1.62. The Balaban J connectivity index is 2.00. The molecule has 1 aliphatic rings. The van der Waals surface area contributed by atoms with Gasteiger partial charge in [-0.15, -0.1) is 0 Å². The van der Waals surface area contributed by atoms with Gasteiger partial charge in [-0.3, -0.25) is 4.68 Å². The van der Waals surface area contributed by atoms with Crippen LogP contribution in [0.5, 0.6) is 0 Å². The average molecular weight is 332 g/mol. The van der Waals surface area contributed by atoms with Crippen LogP contribution < -0.4 is 0 Å². The Morgan fingerprint density at radius 1 is 1.22 bits per heavy atom. The first-order valence-electron chi connectivity index (χ1n) is 8.25. The molecule has 2 aromatic rings. The van der Waals surface area contributed by atoms with Gasteiger partial charge in [-0.2, -0.15) is 5.10 Å².